The van der Waals surface area contributed by atoms with Crippen LogP contribution in [0.15, 0.2) is 54.6 Å². The van der Waals surface area contributed by atoms with Crippen LogP contribution in [0.25, 0.3) is 0 Å². The molecular formula is C22H27N3O. The summed E-state index contributed by atoms with van der Waals surface area (Å²) in [6.07, 6.45) is 2.89. The second-order valence-corrected chi connectivity index (χ2v) is 7.42. The van der Waals surface area contributed by atoms with E-state index in [-0.39, 0.29) is 11.6 Å². The van der Waals surface area contributed by atoms with Gasteiger partial charge in [0, 0.05) is 44.7 Å². The number of hydrogen-bond acceptors (Lipinski definition) is 3. The fourth-order valence-electron chi connectivity index (χ4n) is 4.29. The summed E-state index contributed by atoms with van der Waals surface area (Å²) >= 11 is 0. The second kappa shape index (κ2) is 7.12. The number of anilines is 1. The normalized spacial score (nSPS) is 19.3. The van der Waals surface area contributed by atoms with Gasteiger partial charge in [-0.3, -0.25) is 9.69 Å². The first-order valence-corrected chi connectivity index (χ1v) is 9.67. The Balaban J connectivity index is 1.53. The molecule has 0 aromatic heterocycles. The largest absolute Gasteiger partial charge is 0.362 e. The maximum Gasteiger partial charge on any atom is 0.257 e. The van der Waals surface area contributed by atoms with Crippen LogP contribution in [-0.2, 0) is 6.54 Å². The highest BCUT2D eigenvalue weighted by atomic mass is 16.2. The van der Waals surface area contributed by atoms with E-state index in [1.165, 1.54) is 5.56 Å². The minimum absolute atomic E-state index is 0.178. The summed E-state index contributed by atoms with van der Waals surface area (Å²) < 4.78 is 0. The van der Waals surface area contributed by atoms with E-state index in [1.54, 1.807) is 0 Å². The van der Waals surface area contributed by atoms with E-state index in [0.717, 1.165) is 56.7 Å². The van der Waals surface area contributed by atoms with Crippen LogP contribution in [0.2, 0.25) is 0 Å². The third-order valence-electron chi connectivity index (χ3n) is 5.67. The fraction of sp³-hybridized carbons (Fsp3) is 0.409. The number of carbonyl (C=O) groups excluding carboxylic acids is 1. The number of carbonyl (C=O) groups is 1. The predicted molar refractivity (Wildman–Crippen MR) is 105 cm³/mol. The van der Waals surface area contributed by atoms with E-state index < -0.39 is 0 Å². The highest BCUT2D eigenvalue weighted by Crippen LogP contribution is 2.38. The van der Waals surface area contributed by atoms with Crippen molar-refractivity contribution in [2.75, 3.05) is 25.0 Å². The predicted octanol–water partition coefficient (Wildman–Crippen LogP) is 3.96. The number of likely N-dealkylation sites (tertiary alicyclic amines) is 1. The standard InChI is InChI=1S/C22H27N3O/c1-2-14-25-21(26)19-10-6-7-11-20(19)23-22(25)12-15-24(16-13-22)17-18-8-4-3-5-9-18/h3-11,23H,2,12-17H2,1H3. The zero-order valence-electron chi connectivity index (χ0n) is 15.4. The Bertz CT molecular complexity index is 766. The molecule has 0 radical (unpaired) electrons. The Kier molecular flexibility index (Phi) is 4.68. The summed E-state index contributed by atoms with van der Waals surface area (Å²) in [4.78, 5) is 17.7. The second-order valence-electron chi connectivity index (χ2n) is 7.42. The molecule has 0 aliphatic carbocycles. The van der Waals surface area contributed by atoms with E-state index in [1.807, 2.05) is 24.3 Å². The number of rotatable bonds is 4. The Labute approximate surface area is 155 Å². The van der Waals surface area contributed by atoms with Crippen molar-refractivity contribution < 1.29 is 4.79 Å². The van der Waals surface area contributed by atoms with Crippen molar-refractivity contribution in [1.82, 2.24) is 9.80 Å². The van der Waals surface area contributed by atoms with Crippen LogP contribution < -0.4 is 5.32 Å². The number of amides is 1. The number of hydrogen-bond donors (Lipinski definition) is 1. The van der Waals surface area contributed by atoms with Gasteiger partial charge in [-0.1, -0.05) is 49.4 Å². The quantitative estimate of drug-likeness (QED) is 0.908. The topological polar surface area (TPSA) is 35.6 Å². The van der Waals surface area contributed by atoms with Crippen molar-refractivity contribution in [3.8, 4) is 0 Å². The van der Waals surface area contributed by atoms with Crippen LogP contribution in [0.4, 0.5) is 5.69 Å². The molecule has 2 aliphatic heterocycles. The third kappa shape index (κ3) is 3.10. The molecule has 1 saturated heterocycles. The van der Waals surface area contributed by atoms with E-state index in [4.69, 9.17) is 0 Å². The maximum atomic E-state index is 13.1. The zero-order chi connectivity index (χ0) is 18.0. The van der Waals surface area contributed by atoms with Crippen LogP contribution in [0.5, 0.6) is 0 Å². The molecule has 4 rings (SSSR count). The van der Waals surface area contributed by atoms with Crippen LogP contribution in [0.3, 0.4) is 0 Å². The summed E-state index contributed by atoms with van der Waals surface area (Å²) in [5.74, 6) is 0.178. The number of piperidine rings is 1. The molecule has 4 heteroatoms. The smallest absolute Gasteiger partial charge is 0.257 e. The molecule has 1 spiro atoms. The lowest BCUT2D eigenvalue weighted by Crippen LogP contribution is -2.64. The molecule has 4 nitrogen and oxygen atoms in total. The highest BCUT2D eigenvalue weighted by Gasteiger charge is 2.45. The minimum atomic E-state index is -0.241. The molecule has 0 bridgehead atoms. The SMILES string of the molecule is CCCN1C(=O)c2ccccc2NC12CCN(Cc1ccccc1)CC2. The van der Waals surface area contributed by atoms with Crippen LogP contribution in [-0.4, -0.2) is 41.0 Å². The lowest BCUT2D eigenvalue weighted by molar-refractivity contribution is 0.0256. The number of nitrogens with zero attached hydrogens (tertiary/aromatic N) is 2. The molecule has 1 amide bonds. The Morgan fingerprint density at radius 1 is 1.00 bits per heavy atom. The van der Waals surface area contributed by atoms with E-state index >= 15 is 0 Å². The summed E-state index contributed by atoms with van der Waals surface area (Å²) in [6.45, 7) is 5.93. The van der Waals surface area contributed by atoms with Gasteiger partial charge in [-0.25, -0.2) is 0 Å². The molecule has 26 heavy (non-hydrogen) atoms. The van der Waals surface area contributed by atoms with E-state index in [2.05, 4.69) is 52.4 Å². The molecular weight excluding hydrogens is 322 g/mol. The first-order valence-electron chi connectivity index (χ1n) is 9.67. The summed E-state index contributed by atoms with van der Waals surface area (Å²) in [5.41, 5.74) is 2.90. The fourth-order valence-corrected chi connectivity index (χ4v) is 4.29. The van der Waals surface area contributed by atoms with Gasteiger partial charge in [-0.15, -0.1) is 0 Å². The monoisotopic (exact) mass is 349 g/mol. The average molecular weight is 349 g/mol. The van der Waals surface area contributed by atoms with Crippen molar-refractivity contribution in [1.29, 1.82) is 0 Å². The molecule has 136 valence electrons. The summed E-state index contributed by atoms with van der Waals surface area (Å²) in [7, 11) is 0. The van der Waals surface area contributed by atoms with Gasteiger partial charge < -0.3 is 10.2 Å². The number of nitrogens with one attached hydrogen (secondary N) is 1. The zero-order valence-corrected chi connectivity index (χ0v) is 15.4. The van der Waals surface area contributed by atoms with E-state index in [0.29, 0.717) is 0 Å². The van der Waals surface area contributed by atoms with Crippen molar-refractivity contribution in [2.45, 2.75) is 38.4 Å². The maximum absolute atomic E-state index is 13.1. The molecule has 2 heterocycles. The van der Waals surface area contributed by atoms with Crippen LogP contribution in [0.1, 0.15) is 42.1 Å². The average Bonchev–Trinajstić information content (AvgIpc) is 2.68. The minimum Gasteiger partial charge on any atom is -0.362 e. The van der Waals surface area contributed by atoms with Gasteiger partial charge in [0.1, 0.15) is 5.66 Å². The van der Waals surface area contributed by atoms with Crippen LogP contribution in [0, 0.1) is 0 Å². The summed E-state index contributed by atoms with van der Waals surface area (Å²) in [5, 5.41) is 3.74. The van der Waals surface area contributed by atoms with Crippen LogP contribution >= 0.6 is 0 Å². The first kappa shape index (κ1) is 17.1. The Morgan fingerprint density at radius 2 is 1.69 bits per heavy atom. The van der Waals surface area contributed by atoms with Crippen molar-refractivity contribution in [3.05, 3.63) is 65.7 Å². The van der Waals surface area contributed by atoms with Gasteiger partial charge in [0.05, 0.1) is 5.56 Å². The van der Waals surface area contributed by atoms with E-state index in [9.17, 15) is 4.79 Å². The van der Waals surface area contributed by atoms with Gasteiger partial charge in [-0.2, -0.15) is 0 Å². The van der Waals surface area contributed by atoms with Gasteiger partial charge >= 0.3 is 0 Å². The lowest BCUT2D eigenvalue weighted by Gasteiger charge is -2.52. The molecule has 0 atom stereocenters. The molecule has 2 aliphatic rings. The van der Waals surface area contributed by atoms with Crippen molar-refractivity contribution in [3.63, 3.8) is 0 Å². The van der Waals surface area contributed by atoms with Crippen molar-refractivity contribution in [2.24, 2.45) is 0 Å². The lowest BCUT2D eigenvalue weighted by atomic mass is 9.89. The molecule has 1 N–H and O–H groups in total. The van der Waals surface area contributed by atoms with Gasteiger partial charge in [0.2, 0.25) is 0 Å². The number of para-hydroxylation sites is 1. The third-order valence-corrected chi connectivity index (χ3v) is 5.67. The molecule has 0 saturated carbocycles. The molecule has 0 unspecified atom stereocenters. The molecule has 2 aromatic carbocycles. The van der Waals surface area contributed by atoms with Crippen molar-refractivity contribution >= 4 is 11.6 Å². The Morgan fingerprint density at radius 3 is 2.42 bits per heavy atom. The van der Waals surface area contributed by atoms with Gasteiger partial charge in [0.25, 0.3) is 5.91 Å². The molecule has 1 fully saturated rings. The molecule has 2 aromatic rings. The van der Waals surface area contributed by atoms with Gasteiger partial charge in [0.15, 0.2) is 0 Å². The highest BCUT2D eigenvalue weighted by molar-refractivity contribution is 6.02. The summed E-state index contributed by atoms with van der Waals surface area (Å²) in [6, 6.07) is 18.6. The first-order chi connectivity index (χ1) is 12.7. The van der Waals surface area contributed by atoms with Gasteiger partial charge in [-0.05, 0) is 24.1 Å². The number of benzene rings is 2. The Hall–Kier alpha value is -2.33. The number of fused-ring (bicyclic) bond motifs is 1.